The summed E-state index contributed by atoms with van der Waals surface area (Å²) in [6.07, 6.45) is 6.48. The molecule has 1 aromatic carbocycles. The highest BCUT2D eigenvalue weighted by molar-refractivity contribution is 6.32. The van der Waals surface area contributed by atoms with Crippen LogP contribution in [-0.4, -0.2) is 19.8 Å². The standard InChI is InChI=1S/C16H24ClNO2/c1-16(7-5-4-6-8-16)18-11-12-9-13(17)15(20-3)14(10-12)19-2/h9-10,18H,4-8,11H2,1-3H3. The lowest BCUT2D eigenvalue weighted by atomic mass is 9.83. The molecule has 0 atom stereocenters. The first kappa shape index (κ1) is 15.5. The summed E-state index contributed by atoms with van der Waals surface area (Å²) in [7, 11) is 3.23. The van der Waals surface area contributed by atoms with E-state index >= 15 is 0 Å². The third kappa shape index (κ3) is 3.58. The first-order valence-electron chi connectivity index (χ1n) is 7.23. The highest BCUT2D eigenvalue weighted by Crippen LogP contribution is 2.36. The van der Waals surface area contributed by atoms with E-state index in [1.807, 2.05) is 12.1 Å². The Morgan fingerprint density at radius 2 is 1.85 bits per heavy atom. The van der Waals surface area contributed by atoms with Crippen molar-refractivity contribution >= 4 is 11.6 Å². The third-order valence-corrected chi connectivity index (χ3v) is 4.45. The Kier molecular flexibility index (Phi) is 5.17. The molecule has 112 valence electrons. The molecule has 1 fully saturated rings. The van der Waals surface area contributed by atoms with Gasteiger partial charge >= 0.3 is 0 Å². The number of halogens is 1. The number of ether oxygens (including phenoxy) is 2. The molecule has 3 nitrogen and oxygen atoms in total. The number of rotatable bonds is 5. The summed E-state index contributed by atoms with van der Waals surface area (Å²) in [6, 6.07) is 3.94. The fourth-order valence-corrected chi connectivity index (χ4v) is 3.21. The van der Waals surface area contributed by atoms with Crippen molar-refractivity contribution in [1.29, 1.82) is 0 Å². The van der Waals surface area contributed by atoms with E-state index in [1.165, 1.54) is 32.1 Å². The molecule has 4 heteroatoms. The zero-order valence-corrected chi connectivity index (χ0v) is 13.3. The van der Waals surface area contributed by atoms with Gasteiger partial charge in [0.2, 0.25) is 0 Å². The van der Waals surface area contributed by atoms with Gasteiger partial charge in [0, 0.05) is 12.1 Å². The van der Waals surface area contributed by atoms with Crippen LogP contribution in [0.3, 0.4) is 0 Å². The average molecular weight is 298 g/mol. The Morgan fingerprint density at radius 3 is 2.45 bits per heavy atom. The second-order valence-corrected chi connectivity index (χ2v) is 6.20. The summed E-state index contributed by atoms with van der Waals surface area (Å²) in [4.78, 5) is 0. The summed E-state index contributed by atoms with van der Waals surface area (Å²) in [5.74, 6) is 1.28. The lowest BCUT2D eigenvalue weighted by Crippen LogP contribution is -2.43. The van der Waals surface area contributed by atoms with Crippen molar-refractivity contribution in [1.82, 2.24) is 5.32 Å². The predicted molar refractivity (Wildman–Crippen MR) is 82.9 cm³/mol. The topological polar surface area (TPSA) is 30.5 Å². The van der Waals surface area contributed by atoms with Crippen molar-refractivity contribution in [3.05, 3.63) is 22.7 Å². The summed E-state index contributed by atoms with van der Waals surface area (Å²) in [5, 5.41) is 4.27. The van der Waals surface area contributed by atoms with Crippen molar-refractivity contribution in [2.45, 2.75) is 51.1 Å². The highest BCUT2D eigenvalue weighted by Gasteiger charge is 2.25. The molecule has 0 saturated heterocycles. The maximum atomic E-state index is 6.24. The summed E-state index contributed by atoms with van der Waals surface area (Å²) in [5.41, 5.74) is 1.37. The van der Waals surface area contributed by atoms with Crippen LogP contribution in [-0.2, 0) is 6.54 Å². The van der Waals surface area contributed by atoms with Gasteiger partial charge in [0.15, 0.2) is 11.5 Å². The molecule has 1 aliphatic carbocycles. The lowest BCUT2D eigenvalue weighted by molar-refractivity contribution is 0.252. The Balaban J connectivity index is 2.07. The Hall–Kier alpha value is -0.930. The first-order valence-corrected chi connectivity index (χ1v) is 7.61. The second kappa shape index (κ2) is 6.68. The normalized spacial score (nSPS) is 17.8. The monoisotopic (exact) mass is 297 g/mol. The number of hydrogen-bond acceptors (Lipinski definition) is 3. The van der Waals surface area contributed by atoms with E-state index in [4.69, 9.17) is 21.1 Å². The number of benzene rings is 1. The minimum atomic E-state index is 0.248. The predicted octanol–water partition coefficient (Wildman–Crippen LogP) is 4.17. The molecule has 1 N–H and O–H groups in total. The van der Waals surface area contributed by atoms with E-state index in [2.05, 4.69) is 12.2 Å². The largest absolute Gasteiger partial charge is 0.493 e. The van der Waals surface area contributed by atoms with Gasteiger partial charge in [-0.15, -0.1) is 0 Å². The molecule has 1 aliphatic rings. The second-order valence-electron chi connectivity index (χ2n) is 5.79. The van der Waals surface area contributed by atoms with Crippen LogP contribution < -0.4 is 14.8 Å². The number of methoxy groups -OCH3 is 2. The molecule has 0 amide bonds. The van der Waals surface area contributed by atoms with Gasteiger partial charge in [0.1, 0.15) is 0 Å². The van der Waals surface area contributed by atoms with Crippen molar-refractivity contribution in [3.8, 4) is 11.5 Å². The molecule has 1 aromatic rings. The summed E-state index contributed by atoms with van der Waals surface area (Å²) in [6.45, 7) is 3.12. The van der Waals surface area contributed by atoms with Gasteiger partial charge in [0.25, 0.3) is 0 Å². The average Bonchev–Trinajstić information content (AvgIpc) is 2.45. The zero-order valence-electron chi connectivity index (χ0n) is 12.6. The van der Waals surface area contributed by atoms with Gasteiger partial charge in [-0.05, 0) is 37.5 Å². The smallest absolute Gasteiger partial charge is 0.179 e. The van der Waals surface area contributed by atoms with Crippen molar-refractivity contribution in [3.63, 3.8) is 0 Å². The SMILES string of the molecule is COc1cc(CNC2(C)CCCCC2)cc(Cl)c1OC. The molecule has 0 radical (unpaired) electrons. The molecule has 2 rings (SSSR count). The molecule has 0 aliphatic heterocycles. The molecule has 0 aromatic heterocycles. The van der Waals surface area contributed by atoms with Crippen LogP contribution in [0.5, 0.6) is 11.5 Å². The van der Waals surface area contributed by atoms with Crippen LogP contribution in [0, 0.1) is 0 Å². The molecule has 0 spiro atoms. The molecule has 0 unspecified atom stereocenters. The minimum Gasteiger partial charge on any atom is -0.493 e. The highest BCUT2D eigenvalue weighted by atomic mass is 35.5. The van der Waals surface area contributed by atoms with Crippen LogP contribution in [0.4, 0.5) is 0 Å². The van der Waals surface area contributed by atoms with Gasteiger partial charge < -0.3 is 14.8 Å². The van der Waals surface area contributed by atoms with Gasteiger partial charge in [-0.1, -0.05) is 30.9 Å². The molecule has 0 bridgehead atoms. The Labute approximate surface area is 126 Å². The third-order valence-electron chi connectivity index (χ3n) is 4.17. The van der Waals surface area contributed by atoms with E-state index in [9.17, 15) is 0 Å². The fourth-order valence-electron chi connectivity index (χ4n) is 2.90. The Morgan fingerprint density at radius 1 is 1.15 bits per heavy atom. The van der Waals surface area contributed by atoms with Gasteiger partial charge in [0.05, 0.1) is 19.2 Å². The van der Waals surface area contributed by atoms with Crippen molar-refractivity contribution in [2.75, 3.05) is 14.2 Å². The van der Waals surface area contributed by atoms with E-state index < -0.39 is 0 Å². The molecular formula is C16H24ClNO2. The van der Waals surface area contributed by atoms with Crippen LogP contribution in [0.15, 0.2) is 12.1 Å². The zero-order chi connectivity index (χ0) is 14.6. The van der Waals surface area contributed by atoms with Crippen LogP contribution >= 0.6 is 11.6 Å². The quantitative estimate of drug-likeness (QED) is 0.885. The van der Waals surface area contributed by atoms with E-state index in [-0.39, 0.29) is 5.54 Å². The van der Waals surface area contributed by atoms with Gasteiger partial charge in [-0.25, -0.2) is 0 Å². The van der Waals surface area contributed by atoms with Gasteiger partial charge in [-0.3, -0.25) is 0 Å². The minimum absolute atomic E-state index is 0.248. The molecule has 0 heterocycles. The first-order chi connectivity index (χ1) is 9.58. The fraction of sp³-hybridized carbons (Fsp3) is 0.625. The van der Waals surface area contributed by atoms with E-state index in [0.29, 0.717) is 16.5 Å². The Bertz CT molecular complexity index is 456. The van der Waals surface area contributed by atoms with Crippen LogP contribution in [0.1, 0.15) is 44.6 Å². The number of nitrogens with one attached hydrogen (secondary N) is 1. The van der Waals surface area contributed by atoms with Crippen molar-refractivity contribution in [2.24, 2.45) is 0 Å². The van der Waals surface area contributed by atoms with Crippen LogP contribution in [0.2, 0.25) is 5.02 Å². The van der Waals surface area contributed by atoms with Crippen LogP contribution in [0.25, 0.3) is 0 Å². The lowest BCUT2D eigenvalue weighted by Gasteiger charge is -2.35. The molecule has 20 heavy (non-hydrogen) atoms. The maximum absolute atomic E-state index is 6.24. The summed E-state index contributed by atoms with van der Waals surface area (Å²) < 4.78 is 10.6. The van der Waals surface area contributed by atoms with E-state index in [1.54, 1.807) is 14.2 Å². The maximum Gasteiger partial charge on any atom is 0.179 e. The molecule has 1 saturated carbocycles. The summed E-state index contributed by atoms with van der Waals surface area (Å²) >= 11 is 6.24. The number of hydrogen-bond donors (Lipinski definition) is 1. The van der Waals surface area contributed by atoms with E-state index in [0.717, 1.165) is 12.1 Å². The molecular weight excluding hydrogens is 274 g/mol. The van der Waals surface area contributed by atoms with Gasteiger partial charge in [-0.2, -0.15) is 0 Å². The van der Waals surface area contributed by atoms with Crippen molar-refractivity contribution < 1.29 is 9.47 Å².